The number of hydrogen-bond acceptors (Lipinski definition) is 7. The van der Waals surface area contributed by atoms with Crippen LogP contribution in [0.4, 0.5) is 10.1 Å². The number of carbonyl (C=O) groups is 2. The quantitative estimate of drug-likeness (QED) is 0.173. The molecule has 14 heteroatoms. The van der Waals surface area contributed by atoms with Gasteiger partial charge >= 0.3 is 11.4 Å². The Morgan fingerprint density at radius 2 is 1.63 bits per heavy atom. The summed E-state index contributed by atoms with van der Waals surface area (Å²) >= 11 is 12.9. The number of imide groups is 1. The summed E-state index contributed by atoms with van der Waals surface area (Å²) < 4.78 is 23.1. The number of ether oxygens (including phenoxy) is 1. The van der Waals surface area contributed by atoms with E-state index in [2.05, 4.69) is 5.43 Å². The van der Waals surface area contributed by atoms with E-state index in [0.29, 0.717) is 27.4 Å². The van der Waals surface area contributed by atoms with E-state index in [1.54, 1.807) is 66.7 Å². The van der Waals surface area contributed by atoms with Gasteiger partial charge in [-0.25, -0.2) is 27.9 Å². The van der Waals surface area contributed by atoms with Crippen LogP contribution in [-0.2, 0) is 21.5 Å². The number of para-hydroxylation sites is 1. The van der Waals surface area contributed by atoms with Gasteiger partial charge in [-0.2, -0.15) is 5.01 Å². The number of rotatable bonds is 6. The van der Waals surface area contributed by atoms with Crippen LogP contribution in [0.1, 0.15) is 29.5 Å². The minimum atomic E-state index is -1.66. The molecule has 2 fully saturated rings. The number of nitrogens with one attached hydrogen (secondary N) is 1. The minimum Gasteiger partial charge on any atom is -0.503 e. The molecular weight excluding hydrogens is 700 g/mol. The molecule has 1 aliphatic carbocycles. The number of aromatic nitrogens is 3. The fourth-order valence-corrected chi connectivity index (χ4v) is 8.35. The Hall–Kier alpha value is -5.59. The van der Waals surface area contributed by atoms with Gasteiger partial charge in [-0.3, -0.25) is 15.0 Å². The summed E-state index contributed by atoms with van der Waals surface area (Å²) in [5.41, 5.74) is 2.20. The summed E-state index contributed by atoms with van der Waals surface area (Å²) in [6.07, 6.45) is 1.76. The number of phenols is 1. The molecular formula is C37H28Cl2FN5O6. The number of benzene rings is 4. The number of hydrogen-bond donors (Lipinski definition) is 2. The minimum absolute atomic E-state index is 0.0137. The SMILES string of the molecule is COc1cc(C2C3=CCn4c(=O)n(-c5ccccc5)c(=O)n4C3CC3C(=O)N(Nc4ccc(F)cc4)C(=O)C32c2ccc(Cl)cc2)cc(Cl)c1O. The van der Waals surface area contributed by atoms with Crippen LogP contribution in [0.5, 0.6) is 11.5 Å². The topological polar surface area (TPSA) is 128 Å². The highest BCUT2D eigenvalue weighted by molar-refractivity contribution is 6.32. The number of hydrazine groups is 1. The van der Waals surface area contributed by atoms with Crippen molar-refractivity contribution in [3.8, 4) is 17.2 Å². The van der Waals surface area contributed by atoms with Crippen molar-refractivity contribution in [3.05, 3.63) is 151 Å². The molecule has 0 radical (unpaired) electrons. The molecule has 1 saturated carbocycles. The molecule has 4 unspecified atom stereocenters. The van der Waals surface area contributed by atoms with Crippen molar-refractivity contribution in [2.24, 2.45) is 5.92 Å². The average Bonchev–Trinajstić information content (AvgIpc) is 3.51. The van der Waals surface area contributed by atoms with E-state index in [1.807, 2.05) is 0 Å². The normalized spacial score (nSPS) is 22.2. The summed E-state index contributed by atoms with van der Waals surface area (Å²) in [6, 6.07) is 22.6. The largest absolute Gasteiger partial charge is 0.503 e. The van der Waals surface area contributed by atoms with Gasteiger partial charge in [0.1, 0.15) is 5.82 Å². The highest BCUT2D eigenvalue weighted by Crippen LogP contribution is 2.62. The number of amides is 2. The first-order valence-electron chi connectivity index (χ1n) is 16.0. The Morgan fingerprint density at radius 3 is 2.31 bits per heavy atom. The molecule has 0 spiro atoms. The summed E-state index contributed by atoms with van der Waals surface area (Å²) in [4.78, 5) is 58.0. The van der Waals surface area contributed by atoms with Gasteiger partial charge in [0, 0.05) is 10.9 Å². The van der Waals surface area contributed by atoms with E-state index in [4.69, 9.17) is 27.9 Å². The maximum atomic E-state index is 15.2. The lowest BCUT2D eigenvalue weighted by Gasteiger charge is -2.49. The molecule has 3 heterocycles. The van der Waals surface area contributed by atoms with Crippen LogP contribution in [-0.4, -0.2) is 43.0 Å². The van der Waals surface area contributed by atoms with Crippen molar-refractivity contribution in [2.75, 3.05) is 12.5 Å². The summed E-state index contributed by atoms with van der Waals surface area (Å²) in [5.74, 6) is -4.10. The van der Waals surface area contributed by atoms with Gasteiger partial charge in [-0.15, -0.1) is 0 Å². The zero-order valence-corrected chi connectivity index (χ0v) is 28.3. The maximum absolute atomic E-state index is 15.2. The summed E-state index contributed by atoms with van der Waals surface area (Å²) in [7, 11) is 1.36. The molecule has 2 N–H and O–H groups in total. The number of halogens is 3. The summed E-state index contributed by atoms with van der Waals surface area (Å²) in [6.45, 7) is -0.0137. The van der Waals surface area contributed by atoms with E-state index in [-0.39, 0.29) is 35.2 Å². The van der Waals surface area contributed by atoms with Crippen molar-refractivity contribution in [1.82, 2.24) is 18.9 Å². The highest BCUT2D eigenvalue weighted by Gasteiger charge is 2.69. The molecule has 2 amide bonds. The van der Waals surface area contributed by atoms with Gasteiger partial charge in [-0.1, -0.05) is 59.6 Å². The smallest absolute Gasteiger partial charge is 0.352 e. The molecule has 2 aliphatic heterocycles. The second-order valence-corrected chi connectivity index (χ2v) is 13.5. The molecule has 8 rings (SSSR count). The average molecular weight is 729 g/mol. The molecule has 4 atom stereocenters. The van der Waals surface area contributed by atoms with Crippen LogP contribution < -0.4 is 21.5 Å². The molecule has 11 nitrogen and oxygen atoms in total. The molecule has 1 saturated heterocycles. The number of phenolic OH excluding ortho intramolecular Hbond substituents is 1. The Balaban J connectivity index is 1.40. The Morgan fingerprint density at radius 1 is 0.922 bits per heavy atom. The Labute approximate surface area is 299 Å². The fraction of sp³-hybridized carbons (Fsp3) is 0.189. The van der Waals surface area contributed by atoms with E-state index < -0.39 is 52.3 Å². The maximum Gasteiger partial charge on any atom is 0.352 e. The van der Waals surface area contributed by atoms with E-state index >= 15 is 4.79 Å². The van der Waals surface area contributed by atoms with Crippen molar-refractivity contribution < 1.29 is 23.8 Å². The predicted molar refractivity (Wildman–Crippen MR) is 187 cm³/mol. The number of methoxy groups -OCH3 is 1. The number of aromatic hydroxyl groups is 1. The number of allylic oxidation sites excluding steroid dienone is 2. The third kappa shape index (κ3) is 4.77. The van der Waals surface area contributed by atoms with Crippen LogP contribution in [0.2, 0.25) is 10.0 Å². The van der Waals surface area contributed by atoms with Gasteiger partial charge < -0.3 is 9.84 Å². The lowest BCUT2D eigenvalue weighted by Crippen LogP contribution is -2.53. The highest BCUT2D eigenvalue weighted by atomic mass is 35.5. The zero-order chi connectivity index (χ0) is 35.8. The first-order valence-corrected chi connectivity index (χ1v) is 16.7. The first-order chi connectivity index (χ1) is 24.6. The first kappa shape index (κ1) is 32.6. The standard InChI is InChI=1S/C37H28Cl2FN5O6/c1-51-30-18-20(17-28(39)32(30)46)31-26-15-16-42-35(49)43(25-5-3-2-4-6-25)36(50)45(42)29(26)19-27-33(47)44(41-24-13-11-23(40)12-14-24)34(48)37(27,31)21-7-9-22(38)10-8-21/h2-15,17-18,27,29,31,41,46H,16,19H2,1H3. The van der Waals surface area contributed by atoms with Gasteiger partial charge in [0.25, 0.3) is 11.8 Å². The molecule has 258 valence electrons. The number of fused-ring (bicyclic) bond motifs is 4. The molecule has 4 aromatic carbocycles. The third-order valence-corrected chi connectivity index (χ3v) is 10.7. The molecule has 1 aromatic heterocycles. The van der Waals surface area contributed by atoms with Gasteiger partial charge in [-0.05, 0) is 83.8 Å². The monoisotopic (exact) mass is 727 g/mol. The lowest BCUT2D eigenvalue weighted by atomic mass is 9.53. The Kier molecular flexibility index (Phi) is 7.69. The Bertz CT molecular complexity index is 2390. The van der Waals surface area contributed by atoms with Gasteiger partial charge in [0.2, 0.25) is 0 Å². The van der Waals surface area contributed by atoms with E-state index in [0.717, 1.165) is 9.58 Å². The van der Waals surface area contributed by atoms with E-state index in [1.165, 1.54) is 46.8 Å². The van der Waals surface area contributed by atoms with Crippen molar-refractivity contribution in [2.45, 2.75) is 30.3 Å². The van der Waals surface area contributed by atoms with Crippen molar-refractivity contribution in [3.63, 3.8) is 0 Å². The van der Waals surface area contributed by atoms with Gasteiger partial charge in [0.15, 0.2) is 11.5 Å². The number of anilines is 1. The fourth-order valence-electron chi connectivity index (χ4n) is 8.01. The second kappa shape index (κ2) is 12.0. The van der Waals surface area contributed by atoms with Crippen LogP contribution in [0.25, 0.3) is 5.69 Å². The van der Waals surface area contributed by atoms with Crippen LogP contribution in [0.3, 0.4) is 0 Å². The molecule has 51 heavy (non-hydrogen) atoms. The predicted octanol–water partition coefficient (Wildman–Crippen LogP) is 5.58. The third-order valence-electron chi connectivity index (χ3n) is 10.1. The summed E-state index contributed by atoms with van der Waals surface area (Å²) in [5, 5.41) is 12.0. The number of carbonyl (C=O) groups excluding carboxylic acids is 2. The van der Waals surface area contributed by atoms with Crippen molar-refractivity contribution >= 4 is 40.7 Å². The van der Waals surface area contributed by atoms with Crippen LogP contribution in [0, 0.1) is 11.7 Å². The van der Waals surface area contributed by atoms with Crippen LogP contribution in [0.15, 0.2) is 112 Å². The van der Waals surface area contributed by atoms with Crippen molar-refractivity contribution in [1.29, 1.82) is 0 Å². The molecule has 5 aromatic rings. The zero-order valence-electron chi connectivity index (χ0n) is 26.8. The molecule has 3 aliphatic rings. The van der Waals surface area contributed by atoms with E-state index in [9.17, 15) is 23.9 Å². The van der Waals surface area contributed by atoms with Crippen LogP contribution >= 0.6 is 23.2 Å². The number of nitrogens with zero attached hydrogens (tertiary/aromatic N) is 4. The van der Waals surface area contributed by atoms with Gasteiger partial charge in [0.05, 0.1) is 47.4 Å². The molecule has 0 bridgehead atoms. The lowest BCUT2D eigenvalue weighted by molar-refractivity contribution is -0.138. The second-order valence-electron chi connectivity index (χ2n) is 12.6.